The van der Waals surface area contributed by atoms with E-state index in [1.54, 1.807) is 0 Å². The second kappa shape index (κ2) is 6.34. The Labute approximate surface area is 115 Å². The van der Waals surface area contributed by atoms with Gasteiger partial charge in [-0.25, -0.2) is 0 Å². The number of likely N-dealkylation sites (N-methyl/N-ethyl adjacent to an activating group) is 1. The molecule has 0 saturated carbocycles. The summed E-state index contributed by atoms with van der Waals surface area (Å²) in [5, 5.41) is 0. The molecule has 0 aliphatic heterocycles. The summed E-state index contributed by atoms with van der Waals surface area (Å²) >= 11 is 5.31. The van der Waals surface area contributed by atoms with Crippen LogP contribution in [0, 0.1) is 0 Å². The first-order valence-electron chi connectivity index (χ1n) is 5.71. The fraction of sp³-hybridized carbons (Fsp3) is 0.286. The zero-order valence-electron chi connectivity index (χ0n) is 9.90. The van der Waals surface area contributed by atoms with Gasteiger partial charge in [-0.05, 0) is 47.1 Å². The van der Waals surface area contributed by atoms with Gasteiger partial charge in [-0.1, -0.05) is 30.3 Å². The first-order valence-corrected chi connectivity index (χ1v) is 7.31. The molecule has 90 valence electrons. The molecule has 3 heteroatoms. The van der Waals surface area contributed by atoms with Crippen LogP contribution in [-0.4, -0.2) is 18.5 Å². The van der Waals surface area contributed by atoms with Crippen molar-refractivity contribution in [3.05, 3.63) is 56.7 Å². The molecule has 0 atom stereocenters. The maximum Gasteiger partial charge on any atom is 0.0701 e. The molecule has 1 aromatic carbocycles. The Morgan fingerprint density at radius 1 is 1.12 bits per heavy atom. The summed E-state index contributed by atoms with van der Waals surface area (Å²) in [6.45, 7) is 2.13. The van der Waals surface area contributed by atoms with Crippen LogP contribution in [0.3, 0.4) is 0 Å². The lowest BCUT2D eigenvalue weighted by atomic mass is 10.1. The molecule has 0 unspecified atom stereocenters. The van der Waals surface area contributed by atoms with Gasteiger partial charge in [-0.3, -0.25) is 0 Å². The highest BCUT2D eigenvalue weighted by atomic mass is 79.9. The van der Waals surface area contributed by atoms with E-state index in [0.29, 0.717) is 0 Å². The van der Waals surface area contributed by atoms with Gasteiger partial charge in [-0.2, -0.15) is 0 Å². The number of nitrogens with zero attached hydrogens (tertiary/aromatic N) is 1. The van der Waals surface area contributed by atoms with Crippen molar-refractivity contribution in [3.63, 3.8) is 0 Å². The summed E-state index contributed by atoms with van der Waals surface area (Å²) in [6.07, 6.45) is 1.11. The first kappa shape index (κ1) is 12.8. The number of hydrogen-bond donors (Lipinski definition) is 0. The van der Waals surface area contributed by atoms with Gasteiger partial charge in [0.2, 0.25) is 0 Å². The number of halogens is 1. The van der Waals surface area contributed by atoms with Crippen molar-refractivity contribution in [3.8, 4) is 0 Å². The van der Waals surface area contributed by atoms with Crippen molar-refractivity contribution in [2.45, 2.75) is 13.0 Å². The maximum absolute atomic E-state index is 3.50. The lowest BCUT2D eigenvalue weighted by Crippen LogP contribution is -2.20. The molecule has 0 saturated heterocycles. The molecule has 0 bridgehead atoms. The van der Waals surface area contributed by atoms with Gasteiger partial charge in [-0.15, -0.1) is 11.3 Å². The van der Waals surface area contributed by atoms with Crippen LogP contribution < -0.4 is 0 Å². The summed E-state index contributed by atoms with van der Waals surface area (Å²) in [7, 11) is 2.18. The monoisotopic (exact) mass is 309 g/mol. The van der Waals surface area contributed by atoms with E-state index < -0.39 is 0 Å². The summed E-state index contributed by atoms with van der Waals surface area (Å²) < 4.78 is 1.21. The molecule has 0 amide bonds. The van der Waals surface area contributed by atoms with Crippen molar-refractivity contribution >= 4 is 27.3 Å². The molecule has 0 spiro atoms. The first-order chi connectivity index (χ1) is 8.24. The van der Waals surface area contributed by atoms with Gasteiger partial charge in [0, 0.05) is 18.0 Å². The molecular formula is C14H16BrNS. The van der Waals surface area contributed by atoms with Crippen molar-refractivity contribution < 1.29 is 0 Å². The summed E-state index contributed by atoms with van der Waals surface area (Å²) in [6, 6.07) is 15.0. The van der Waals surface area contributed by atoms with E-state index in [4.69, 9.17) is 0 Å². The lowest BCUT2D eigenvalue weighted by molar-refractivity contribution is 0.334. The molecule has 2 rings (SSSR count). The van der Waals surface area contributed by atoms with E-state index >= 15 is 0 Å². The van der Waals surface area contributed by atoms with E-state index in [1.165, 1.54) is 14.2 Å². The molecule has 0 fully saturated rings. The van der Waals surface area contributed by atoms with Crippen molar-refractivity contribution in [1.82, 2.24) is 4.90 Å². The Morgan fingerprint density at radius 3 is 2.53 bits per heavy atom. The molecule has 0 aliphatic carbocycles. The second-order valence-electron chi connectivity index (χ2n) is 4.18. The summed E-state index contributed by atoms with van der Waals surface area (Å²) in [5.41, 5.74) is 1.41. The van der Waals surface area contributed by atoms with Crippen LogP contribution in [0.2, 0.25) is 0 Å². The van der Waals surface area contributed by atoms with Crippen LogP contribution in [0.5, 0.6) is 0 Å². The van der Waals surface area contributed by atoms with E-state index in [2.05, 4.69) is 70.3 Å². The highest BCUT2D eigenvalue weighted by molar-refractivity contribution is 9.11. The van der Waals surface area contributed by atoms with Gasteiger partial charge in [0.1, 0.15) is 0 Å². The third kappa shape index (κ3) is 4.26. The number of thiophene rings is 1. The molecule has 1 heterocycles. The van der Waals surface area contributed by atoms with Gasteiger partial charge in [0.25, 0.3) is 0 Å². The Morgan fingerprint density at radius 2 is 1.88 bits per heavy atom. The third-order valence-electron chi connectivity index (χ3n) is 2.68. The lowest BCUT2D eigenvalue weighted by Gasteiger charge is -2.15. The van der Waals surface area contributed by atoms with Crippen molar-refractivity contribution in [2.75, 3.05) is 13.6 Å². The SMILES string of the molecule is CN(CCc1ccccc1)Cc1ccc(Br)s1. The molecule has 0 radical (unpaired) electrons. The predicted octanol–water partition coefficient (Wildman–Crippen LogP) is 4.19. The highest BCUT2D eigenvalue weighted by Crippen LogP contribution is 2.22. The number of hydrogen-bond acceptors (Lipinski definition) is 2. The molecule has 17 heavy (non-hydrogen) atoms. The minimum absolute atomic E-state index is 1.03. The van der Waals surface area contributed by atoms with E-state index in [0.717, 1.165) is 19.5 Å². The minimum Gasteiger partial charge on any atom is -0.301 e. The summed E-state index contributed by atoms with van der Waals surface area (Å²) in [5.74, 6) is 0. The zero-order chi connectivity index (χ0) is 12.1. The highest BCUT2D eigenvalue weighted by Gasteiger charge is 2.03. The second-order valence-corrected chi connectivity index (χ2v) is 6.73. The zero-order valence-corrected chi connectivity index (χ0v) is 12.3. The quantitative estimate of drug-likeness (QED) is 0.800. The van der Waals surface area contributed by atoms with Gasteiger partial charge < -0.3 is 4.90 Å². The Balaban J connectivity index is 1.80. The molecule has 0 aliphatic rings. The van der Waals surface area contributed by atoms with E-state index in [9.17, 15) is 0 Å². The fourth-order valence-electron chi connectivity index (χ4n) is 1.75. The Hall–Kier alpha value is -0.640. The van der Waals surface area contributed by atoms with E-state index in [1.807, 2.05) is 11.3 Å². The average Bonchev–Trinajstić information content (AvgIpc) is 2.73. The van der Waals surface area contributed by atoms with Crippen LogP contribution in [-0.2, 0) is 13.0 Å². The third-order valence-corrected chi connectivity index (χ3v) is 4.29. The molecule has 0 N–H and O–H groups in total. The van der Waals surface area contributed by atoms with Crippen LogP contribution in [0.25, 0.3) is 0 Å². The molecular weight excluding hydrogens is 294 g/mol. The smallest absolute Gasteiger partial charge is 0.0701 e. The van der Waals surface area contributed by atoms with Gasteiger partial charge in [0.05, 0.1) is 3.79 Å². The standard InChI is InChI=1S/C14H16BrNS/c1-16(11-13-7-8-14(15)17-13)10-9-12-5-3-2-4-6-12/h2-8H,9-11H2,1H3. The van der Waals surface area contributed by atoms with Gasteiger partial charge >= 0.3 is 0 Å². The average molecular weight is 310 g/mol. The predicted molar refractivity (Wildman–Crippen MR) is 78.5 cm³/mol. The Bertz CT molecular complexity index is 452. The van der Waals surface area contributed by atoms with Crippen LogP contribution in [0.4, 0.5) is 0 Å². The number of benzene rings is 1. The molecule has 1 nitrogen and oxygen atoms in total. The van der Waals surface area contributed by atoms with Crippen LogP contribution >= 0.6 is 27.3 Å². The summed E-state index contributed by atoms with van der Waals surface area (Å²) in [4.78, 5) is 3.78. The Kier molecular flexibility index (Phi) is 4.77. The minimum atomic E-state index is 1.03. The van der Waals surface area contributed by atoms with Crippen LogP contribution in [0.15, 0.2) is 46.3 Å². The fourth-order valence-corrected chi connectivity index (χ4v) is 3.31. The van der Waals surface area contributed by atoms with E-state index in [-0.39, 0.29) is 0 Å². The van der Waals surface area contributed by atoms with Crippen molar-refractivity contribution in [2.24, 2.45) is 0 Å². The topological polar surface area (TPSA) is 3.24 Å². The maximum atomic E-state index is 3.50. The van der Waals surface area contributed by atoms with Crippen LogP contribution in [0.1, 0.15) is 10.4 Å². The number of rotatable bonds is 5. The molecule has 2 aromatic rings. The van der Waals surface area contributed by atoms with Crippen molar-refractivity contribution in [1.29, 1.82) is 0 Å². The largest absolute Gasteiger partial charge is 0.301 e. The van der Waals surface area contributed by atoms with Gasteiger partial charge in [0.15, 0.2) is 0 Å². The molecule has 1 aromatic heterocycles. The normalized spacial score (nSPS) is 11.0.